The van der Waals surface area contributed by atoms with Crippen LogP contribution in [-0.2, 0) is 13.0 Å². The Bertz CT molecular complexity index is 796. The Hall–Kier alpha value is -1.65. The highest BCUT2D eigenvalue weighted by molar-refractivity contribution is 7.15. The van der Waals surface area contributed by atoms with Gasteiger partial charge in [0.05, 0.1) is 15.9 Å². The molecule has 4 heteroatoms. The van der Waals surface area contributed by atoms with E-state index in [1.807, 2.05) is 11.3 Å². The van der Waals surface area contributed by atoms with Crippen molar-refractivity contribution in [2.75, 3.05) is 0 Å². The molecule has 2 heterocycles. The lowest BCUT2D eigenvalue weighted by Gasteiger charge is -2.06. The molecule has 2 N–H and O–H groups in total. The van der Waals surface area contributed by atoms with Gasteiger partial charge in [-0.05, 0) is 49.1 Å². The molecule has 0 aliphatic heterocycles. The van der Waals surface area contributed by atoms with E-state index in [2.05, 4.69) is 41.8 Å². The SMILES string of the molecule is CCc1ccc(-c2nc3cc(CN)ccc3n2C2CC2)s1. The van der Waals surface area contributed by atoms with Gasteiger partial charge in [-0.15, -0.1) is 11.3 Å². The molecule has 0 amide bonds. The summed E-state index contributed by atoms with van der Waals surface area (Å²) in [6.45, 7) is 2.77. The van der Waals surface area contributed by atoms with E-state index in [1.54, 1.807) is 0 Å². The normalized spacial score (nSPS) is 15.0. The van der Waals surface area contributed by atoms with Gasteiger partial charge >= 0.3 is 0 Å². The van der Waals surface area contributed by atoms with Gasteiger partial charge in [0.1, 0.15) is 0 Å². The van der Waals surface area contributed by atoms with E-state index < -0.39 is 0 Å². The molecule has 0 unspecified atom stereocenters. The summed E-state index contributed by atoms with van der Waals surface area (Å²) in [6, 6.07) is 11.5. The molecule has 1 fully saturated rings. The highest BCUT2D eigenvalue weighted by Crippen LogP contribution is 2.42. The van der Waals surface area contributed by atoms with Crippen molar-refractivity contribution in [2.24, 2.45) is 5.73 Å². The van der Waals surface area contributed by atoms with Gasteiger partial charge in [0.15, 0.2) is 5.82 Å². The van der Waals surface area contributed by atoms with Crippen molar-refractivity contribution in [3.8, 4) is 10.7 Å². The molecular formula is C17H19N3S. The van der Waals surface area contributed by atoms with Crippen LogP contribution >= 0.6 is 11.3 Å². The Labute approximate surface area is 128 Å². The van der Waals surface area contributed by atoms with Crippen molar-refractivity contribution in [2.45, 2.75) is 38.8 Å². The average molecular weight is 297 g/mol. The van der Waals surface area contributed by atoms with Gasteiger partial charge in [-0.2, -0.15) is 0 Å². The van der Waals surface area contributed by atoms with E-state index in [-0.39, 0.29) is 0 Å². The minimum absolute atomic E-state index is 0.570. The molecule has 0 atom stereocenters. The zero-order valence-electron chi connectivity index (χ0n) is 12.2. The molecule has 2 aromatic heterocycles. The average Bonchev–Trinajstić information content (AvgIpc) is 3.12. The lowest BCUT2D eigenvalue weighted by molar-refractivity contribution is 0.776. The van der Waals surface area contributed by atoms with Crippen molar-refractivity contribution in [1.29, 1.82) is 0 Å². The summed E-state index contributed by atoms with van der Waals surface area (Å²) in [4.78, 5) is 7.62. The maximum atomic E-state index is 5.76. The maximum absolute atomic E-state index is 5.76. The van der Waals surface area contributed by atoms with Gasteiger partial charge in [0, 0.05) is 17.5 Å². The highest BCUT2D eigenvalue weighted by atomic mass is 32.1. The highest BCUT2D eigenvalue weighted by Gasteiger charge is 2.29. The third kappa shape index (κ3) is 2.19. The van der Waals surface area contributed by atoms with Crippen LogP contribution in [0.25, 0.3) is 21.7 Å². The molecule has 0 spiro atoms. The molecule has 4 rings (SSSR count). The van der Waals surface area contributed by atoms with E-state index in [9.17, 15) is 0 Å². The number of nitrogens with zero attached hydrogens (tertiary/aromatic N) is 2. The summed E-state index contributed by atoms with van der Waals surface area (Å²) >= 11 is 1.86. The number of rotatable bonds is 4. The Morgan fingerprint density at radius 2 is 2.14 bits per heavy atom. The first-order valence-corrected chi connectivity index (χ1v) is 8.42. The van der Waals surface area contributed by atoms with Crippen molar-refractivity contribution in [3.63, 3.8) is 0 Å². The predicted octanol–water partition coefficient (Wildman–Crippen LogP) is 4.12. The second-order valence-corrected chi connectivity index (χ2v) is 6.85. The molecule has 21 heavy (non-hydrogen) atoms. The number of hydrogen-bond donors (Lipinski definition) is 1. The van der Waals surface area contributed by atoms with Crippen molar-refractivity contribution < 1.29 is 0 Å². The zero-order valence-corrected chi connectivity index (χ0v) is 13.0. The summed E-state index contributed by atoms with van der Waals surface area (Å²) in [7, 11) is 0. The Morgan fingerprint density at radius 1 is 1.29 bits per heavy atom. The van der Waals surface area contributed by atoms with Crippen molar-refractivity contribution in [1.82, 2.24) is 9.55 Å². The molecule has 1 aromatic carbocycles. The van der Waals surface area contributed by atoms with Gasteiger partial charge in [0.2, 0.25) is 0 Å². The van der Waals surface area contributed by atoms with E-state index in [1.165, 1.54) is 28.1 Å². The molecular weight excluding hydrogens is 278 g/mol. The summed E-state index contributed by atoms with van der Waals surface area (Å²) < 4.78 is 2.43. The van der Waals surface area contributed by atoms with Crippen LogP contribution in [0.4, 0.5) is 0 Å². The van der Waals surface area contributed by atoms with Crippen LogP contribution < -0.4 is 5.73 Å². The molecule has 0 bridgehead atoms. The van der Waals surface area contributed by atoms with Crippen LogP contribution in [0.15, 0.2) is 30.3 Å². The smallest absolute Gasteiger partial charge is 0.151 e. The molecule has 1 aliphatic rings. The lowest BCUT2D eigenvalue weighted by Crippen LogP contribution is -1.97. The zero-order chi connectivity index (χ0) is 14.4. The van der Waals surface area contributed by atoms with Crippen LogP contribution in [0.1, 0.15) is 36.2 Å². The van der Waals surface area contributed by atoms with Crippen LogP contribution in [-0.4, -0.2) is 9.55 Å². The number of nitrogens with two attached hydrogens (primary N) is 1. The van der Waals surface area contributed by atoms with Gasteiger partial charge in [0.25, 0.3) is 0 Å². The molecule has 0 saturated heterocycles. The molecule has 3 aromatic rings. The lowest BCUT2D eigenvalue weighted by atomic mass is 10.2. The number of aromatic nitrogens is 2. The Morgan fingerprint density at radius 3 is 2.81 bits per heavy atom. The van der Waals surface area contributed by atoms with Crippen molar-refractivity contribution >= 4 is 22.4 Å². The number of aryl methyl sites for hydroxylation is 1. The standard InChI is InChI=1S/C17H19N3S/c1-2-13-6-8-16(21-13)17-19-14-9-11(10-18)3-7-15(14)20(17)12-4-5-12/h3,6-9,12H,2,4-5,10,18H2,1H3. The van der Waals surface area contributed by atoms with Crippen molar-refractivity contribution in [3.05, 3.63) is 40.8 Å². The fourth-order valence-corrected chi connectivity index (χ4v) is 3.77. The third-order valence-corrected chi connectivity index (χ3v) is 5.36. The molecule has 3 nitrogen and oxygen atoms in total. The number of benzene rings is 1. The summed E-state index contributed by atoms with van der Waals surface area (Å²) in [5.41, 5.74) is 9.23. The summed E-state index contributed by atoms with van der Waals surface area (Å²) in [6.07, 6.45) is 3.62. The van der Waals surface area contributed by atoms with Crippen LogP contribution in [0.5, 0.6) is 0 Å². The Balaban J connectivity index is 1.92. The van der Waals surface area contributed by atoms with Gasteiger partial charge in [-0.25, -0.2) is 4.98 Å². The quantitative estimate of drug-likeness (QED) is 0.787. The summed E-state index contributed by atoms with van der Waals surface area (Å²) in [5, 5.41) is 0. The maximum Gasteiger partial charge on any atom is 0.151 e. The fourth-order valence-electron chi connectivity index (χ4n) is 2.84. The van der Waals surface area contributed by atoms with Crippen LogP contribution in [0.3, 0.4) is 0 Å². The number of thiophene rings is 1. The second kappa shape index (κ2) is 4.97. The molecule has 0 radical (unpaired) electrons. The van der Waals surface area contributed by atoms with Crippen LogP contribution in [0.2, 0.25) is 0 Å². The summed E-state index contributed by atoms with van der Waals surface area (Å²) in [5.74, 6) is 1.13. The monoisotopic (exact) mass is 297 g/mol. The van der Waals surface area contributed by atoms with E-state index >= 15 is 0 Å². The van der Waals surface area contributed by atoms with Crippen LogP contribution in [0, 0.1) is 0 Å². The Kier molecular flexibility index (Phi) is 3.08. The first-order valence-electron chi connectivity index (χ1n) is 7.60. The van der Waals surface area contributed by atoms with Gasteiger partial charge < -0.3 is 10.3 Å². The third-order valence-electron chi connectivity index (χ3n) is 4.13. The second-order valence-electron chi connectivity index (χ2n) is 5.68. The van der Waals surface area contributed by atoms with E-state index in [4.69, 9.17) is 10.7 Å². The fraction of sp³-hybridized carbons (Fsp3) is 0.353. The largest absolute Gasteiger partial charge is 0.326 e. The molecule has 108 valence electrons. The number of fused-ring (bicyclic) bond motifs is 1. The minimum atomic E-state index is 0.570. The topological polar surface area (TPSA) is 43.8 Å². The van der Waals surface area contributed by atoms with Gasteiger partial charge in [-0.3, -0.25) is 0 Å². The van der Waals surface area contributed by atoms with E-state index in [0.717, 1.165) is 23.3 Å². The first kappa shape index (κ1) is 13.0. The molecule has 1 saturated carbocycles. The number of hydrogen-bond acceptors (Lipinski definition) is 3. The molecule has 1 aliphatic carbocycles. The predicted molar refractivity (Wildman–Crippen MR) is 88.6 cm³/mol. The minimum Gasteiger partial charge on any atom is -0.326 e. The van der Waals surface area contributed by atoms with Gasteiger partial charge in [-0.1, -0.05) is 13.0 Å². The van der Waals surface area contributed by atoms with E-state index in [0.29, 0.717) is 12.6 Å². The number of imidazole rings is 1. The first-order chi connectivity index (χ1) is 10.3.